The van der Waals surface area contributed by atoms with Gasteiger partial charge in [0.05, 0.1) is 44.7 Å². The average Bonchev–Trinajstić information content (AvgIpc) is 3.21. The number of hydrogen-bond acceptors (Lipinski definition) is 4. The minimum atomic E-state index is -0.288. The third-order valence-corrected chi connectivity index (χ3v) is 5.57. The topological polar surface area (TPSA) is 76.8 Å². The van der Waals surface area contributed by atoms with E-state index in [-0.39, 0.29) is 5.60 Å². The number of nitrogens with one attached hydrogen (secondary N) is 3. The Morgan fingerprint density at radius 3 is 2.71 bits per heavy atom. The van der Waals surface area contributed by atoms with Crippen LogP contribution in [0.25, 0.3) is 11.5 Å². The Labute approximate surface area is 167 Å². The van der Waals surface area contributed by atoms with Crippen molar-refractivity contribution in [2.24, 2.45) is 0 Å². The van der Waals surface area contributed by atoms with Crippen LogP contribution in [0.4, 0.5) is 5.82 Å². The average molecular weight is 385 g/mol. The monoisotopic (exact) mass is 384 g/mol. The lowest BCUT2D eigenvalue weighted by atomic mass is 9.87. The lowest BCUT2D eigenvalue weighted by Crippen LogP contribution is -3.11. The molecule has 6 heteroatoms. The molecule has 3 rings (SSSR count). The van der Waals surface area contributed by atoms with E-state index in [1.807, 2.05) is 12.1 Å². The van der Waals surface area contributed by atoms with E-state index in [0.717, 1.165) is 61.0 Å². The Morgan fingerprint density at radius 2 is 2.07 bits per heavy atom. The van der Waals surface area contributed by atoms with Gasteiger partial charge >= 0.3 is 0 Å². The maximum absolute atomic E-state index is 9.91. The van der Waals surface area contributed by atoms with Crippen LogP contribution in [0, 0.1) is 11.3 Å². The number of furan rings is 1. The van der Waals surface area contributed by atoms with Crippen molar-refractivity contribution in [3.63, 3.8) is 0 Å². The van der Waals surface area contributed by atoms with Crippen LogP contribution in [-0.2, 0) is 17.8 Å². The van der Waals surface area contributed by atoms with Crippen molar-refractivity contribution in [2.75, 3.05) is 31.5 Å². The molecule has 0 aromatic carbocycles. The molecule has 0 unspecified atom stereocenters. The van der Waals surface area contributed by atoms with E-state index in [2.05, 4.69) is 44.1 Å². The van der Waals surface area contributed by atoms with Gasteiger partial charge in [0.2, 0.25) is 0 Å². The van der Waals surface area contributed by atoms with Crippen LogP contribution in [-0.4, -0.2) is 31.8 Å². The lowest BCUT2D eigenvalue weighted by Gasteiger charge is -2.32. The van der Waals surface area contributed by atoms with Gasteiger partial charge in [-0.1, -0.05) is 0 Å². The summed E-state index contributed by atoms with van der Waals surface area (Å²) in [6.07, 6.45) is 3.42. The highest BCUT2D eigenvalue weighted by molar-refractivity contribution is 5.64. The van der Waals surface area contributed by atoms with E-state index < -0.39 is 0 Å². The molecular formula is C22H32N4O2+2. The zero-order chi connectivity index (χ0) is 20.1. The van der Waals surface area contributed by atoms with E-state index >= 15 is 0 Å². The Morgan fingerprint density at radius 1 is 1.29 bits per heavy atom. The predicted molar refractivity (Wildman–Crippen MR) is 108 cm³/mol. The molecule has 3 N–H and O–H groups in total. The molecule has 2 aromatic heterocycles. The largest absolute Gasteiger partial charge is 0.461 e. The van der Waals surface area contributed by atoms with Crippen molar-refractivity contribution in [1.82, 2.24) is 0 Å². The SMILES string of the molecule is CC[NH+](CC)CCCNc1[nH+]c(-c2ccco2)c2c(c1C#N)CC(C)(C)OC2. The molecule has 0 spiro atoms. The molecule has 0 fully saturated rings. The smallest absolute Gasteiger partial charge is 0.291 e. The number of rotatable bonds is 8. The van der Waals surface area contributed by atoms with Gasteiger partial charge in [0.25, 0.3) is 5.82 Å². The van der Waals surface area contributed by atoms with Gasteiger partial charge in [-0.3, -0.25) is 5.32 Å². The van der Waals surface area contributed by atoms with Gasteiger partial charge in [-0.05, 0) is 45.4 Å². The van der Waals surface area contributed by atoms with E-state index in [1.165, 1.54) is 0 Å². The number of H-pyrrole nitrogens is 1. The summed E-state index contributed by atoms with van der Waals surface area (Å²) in [5, 5.41) is 13.4. The Kier molecular flexibility index (Phi) is 6.38. The molecule has 0 atom stereocenters. The quantitative estimate of drug-likeness (QED) is 0.684. The number of hydrogen-bond donors (Lipinski definition) is 2. The van der Waals surface area contributed by atoms with Crippen molar-refractivity contribution in [3.05, 3.63) is 35.1 Å². The van der Waals surface area contributed by atoms with Crippen molar-refractivity contribution in [1.29, 1.82) is 5.26 Å². The van der Waals surface area contributed by atoms with Gasteiger partial charge in [-0.25, -0.2) is 4.98 Å². The number of quaternary nitrogens is 1. The predicted octanol–water partition coefficient (Wildman–Crippen LogP) is 2.21. The second-order valence-electron chi connectivity index (χ2n) is 8.01. The van der Waals surface area contributed by atoms with Crippen molar-refractivity contribution >= 4 is 5.82 Å². The number of nitrogens with zero attached hydrogens (tertiary/aromatic N) is 1. The lowest BCUT2D eigenvalue weighted by molar-refractivity contribution is -0.896. The molecule has 0 amide bonds. The fourth-order valence-electron chi connectivity index (χ4n) is 3.86. The molecule has 1 aliphatic rings. The zero-order valence-corrected chi connectivity index (χ0v) is 17.4. The van der Waals surface area contributed by atoms with Crippen LogP contribution in [0.3, 0.4) is 0 Å². The number of ether oxygens (including phenoxy) is 1. The van der Waals surface area contributed by atoms with Crippen LogP contribution >= 0.6 is 0 Å². The highest BCUT2D eigenvalue weighted by Gasteiger charge is 2.34. The molecule has 0 aliphatic carbocycles. The summed E-state index contributed by atoms with van der Waals surface area (Å²) in [5.41, 5.74) is 3.37. The number of fused-ring (bicyclic) bond motifs is 1. The minimum Gasteiger partial charge on any atom is -0.461 e. The summed E-state index contributed by atoms with van der Waals surface area (Å²) >= 11 is 0. The van der Waals surface area contributed by atoms with E-state index in [0.29, 0.717) is 18.6 Å². The molecule has 0 radical (unpaired) electrons. The Bertz CT molecular complexity index is 833. The van der Waals surface area contributed by atoms with Crippen molar-refractivity contribution in [3.8, 4) is 17.5 Å². The summed E-state index contributed by atoms with van der Waals surface area (Å²) in [5.74, 6) is 1.54. The molecule has 0 saturated heterocycles. The third-order valence-electron chi connectivity index (χ3n) is 5.57. The van der Waals surface area contributed by atoms with Gasteiger partial charge in [0, 0.05) is 18.4 Å². The minimum absolute atomic E-state index is 0.288. The summed E-state index contributed by atoms with van der Waals surface area (Å²) in [6.45, 7) is 13.3. The maximum atomic E-state index is 9.91. The van der Waals surface area contributed by atoms with Crippen LogP contribution in [0.2, 0.25) is 0 Å². The fraction of sp³-hybridized carbons (Fsp3) is 0.545. The first-order valence-electron chi connectivity index (χ1n) is 10.3. The van der Waals surface area contributed by atoms with E-state index in [1.54, 1.807) is 11.2 Å². The molecule has 150 valence electrons. The normalized spacial score (nSPS) is 15.3. The number of anilines is 1. The van der Waals surface area contributed by atoms with Gasteiger partial charge in [0.1, 0.15) is 11.6 Å². The van der Waals surface area contributed by atoms with Crippen molar-refractivity contribution < 1.29 is 19.0 Å². The highest BCUT2D eigenvalue weighted by atomic mass is 16.5. The number of aromatic amines is 1. The van der Waals surface area contributed by atoms with Crippen LogP contribution in [0.1, 0.15) is 50.8 Å². The second kappa shape index (κ2) is 8.76. The molecular weight excluding hydrogens is 352 g/mol. The van der Waals surface area contributed by atoms with Crippen LogP contribution in [0.5, 0.6) is 0 Å². The molecule has 1 aliphatic heterocycles. The van der Waals surface area contributed by atoms with E-state index in [4.69, 9.17) is 9.15 Å². The number of aromatic nitrogens is 1. The molecule has 3 heterocycles. The van der Waals surface area contributed by atoms with Crippen LogP contribution < -0.4 is 15.2 Å². The second-order valence-corrected chi connectivity index (χ2v) is 8.01. The van der Waals surface area contributed by atoms with Gasteiger partial charge in [-0.2, -0.15) is 5.26 Å². The first kappa shape index (κ1) is 20.4. The van der Waals surface area contributed by atoms with Crippen LogP contribution in [0.15, 0.2) is 22.8 Å². The highest BCUT2D eigenvalue weighted by Crippen LogP contribution is 2.36. The zero-order valence-electron chi connectivity index (χ0n) is 17.4. The van der Waals surface area contributed by atoms with Gasteiger partial charge in [0.15, 0.2) is 11.5 Å². The first-order chi connectivity index (χ1) is 13.5. The first-order valence-corrected chi connectivity index (χ1v) is 10.3. The fourth-order valence-corrected chi connectivity index (χ4v) is 3.86. The summed E-state index contributed by atoms with van der Waals surface area (Å²) in [7, 11) is 0. The molecule has 0 bridgehead atoms. The standard InChI is InChI=1S/C22H30N4O2/c1-5-26(6-2)11-8-10-24-21-17(14-23)16-13-22(3,4)28-15-18(16)20(25-21)19-9-7-12-27-19/h7,9,12H,5-6,8,10-11,13,15H2,1-4H3,(H,24,25)/p+2. The molecule has 28 heavy (non-hydrogen) atoms. The summed E-state index contributed by atoms with van der Waals surface area (Å²) in [6, 6.07) is 6.23. The molecule has 2 aromatic rings. The Balaban J connectivity index is 1.91. The molecule has 6 nitrogen and oxygen atoms in total. The van der Waals surface area contributed by atoms with Gasteiger partial charge < -0.3 is 14.1 Å². The number of nitriles is 1. The summed E-state index contributed by atoms with van der Waals surface area (Å²) < 4.78 is 11.7. The maximum Gasteiger partial charge on any atom is 0.291 e. The Hall–Kier alpha value is -2.36. The summed E-state index contributed by atoms with van der Waals surface area (Å²) in [4.78, 5) is 5.01. The number of pyridine rings is 1. The third kappa shape index (κ3) is 4.37. The van der Waals surface area contributed by atoms with Crippen molar-refractivity contribution in [2.45, 2.75) is 52.7 Å². The van der Waals surface area contributed by atoms with Gasteiger partial charge in [-0.15, -0.1) is 0 Å². The van der Waals surface area contributed by atoms with E-state index in [9.17, 15) is 5.26 Å². The molecule has 0 saturated carbocycles.